The summed E-state index contributed by atoms with van der Waals surface area (Å²) in [5.41, 5.74) is 3.16. The van der Waals surface area contributed by atoms with Crippen LogP contribution >= 0.6 is 11.3 Å². The van der Waals surface area contributed by atoms with Crippen LogP contribution in [0, 0.1) is 13.8 Å². The van der Waals surface area contributed by atoms with Crippen molar-refractivity contribution in [3.05, 3.63) is 59.2 Å². The molecular formula is C19H19N3O2S. The van der Waals surface area contributed by atoms with Crippen molar-refractivity contribution in [2.75, 3.05) is 6.54 Å². The minimum absolute atomic E-state index is 0.689. The fourth-order valence-electron chi connectivity index (χ4n) is 2.85. The minimum Gasteiger partial charge on any atom is -0.457 e. The Kier molecular flexibility index (Phi) is 4.38. The van der Waals surface area contributed by atoms with E-state index in [1.807, 2.05) is 44.2 Å². The van der Waals surface area contributed by atoms with E-state index in [4.69, 9.17) is 8.94 Å². The van der Waals surface area contributed by atoms with Gasteiger partial charge in [-0.2, -0.15) is 0 Å². The average Bonchev–Trinajstić information content (AvgIpc) is 3.31. The lowest BCUT2D eigenvalue weighted by atomic mass is 10.1. The molecule has 0 unspecified atom stereocenters. The summed E-state index contributed by atoms with van der Waals surface area (Å²) in [6, 6.07) is 12.1. The topological polar surface area (TPSA) is 64.1 Å². The van der Waals surface area contributed by atoms with E-state index in [1.54, 1.807) is 11.3 Å². The van der Waals surface area contributed by atoms with Crippen molar-refractivity contribution < 1.29 is 8.94 Å². The Morgan fingerprint density at radius 3 is 2.80 bits per heavy atom. The Balaban J connectivity index is 1.37. The predicted molar refractivity (Wildman–Crippen MR) is 98.7 cm³/mol. The summed E-state index contributed by atoms with van der Waals surface area (Å²) >= 11 is 1.65. The maximum atomic E-state index is 5.94. The molecule has 0 saturated carbocycles. The van der Waals surface area contributed by atoms with E-state index in [2.05, 4.69) is 21.5 Å². The Morgan fingerprint density at radius 2 is 2.00 bits per heavy atom. The summed E-state index contributed by atoms with van der Waals surface area (Å²) in [5, 5.41) is 8.31. The number of rotatable bonds is 6. The molecule has 128 valence electrons. The van der Waals surface area contributed by atoms with E-state index in [9.17, 15) is 0 Å². The second-order valence-corrected chi connectivity index (χ2v) is 7.01. The maximum Gasteiger partial charge on any atom is 0.163 e. The standard InChI is InChI=1S/C19H19N3O2S/c1-12-15(13(2)24-22-12)9-10-20-11-14-7-8-17(23-14)19-21-16-5-3-4-6-18(16)25-19/h3-8,20H,9-11H2,1-2H3. The van der Waals surface area contributed by atoms with Gasteiger partial charge in [0.2, 0.25) is 0 Å². The van der Waals surface area contributed by atoms with E-state index in [0.717, 1.165) is 46.5 Å². The second-order valence-electron chi connectivity index (χ2n) is 5.98. The fourth-order valence-corrected chi connectivity index (χ4v) is 3.78. The van der Waals surface area contributed by atoms with Gasteiger partial charge in [-0.1, -0.05) is 17.3 Å². The molecule has 1 aromatic carbocycles. The van der Waals surface area contributed by atoms with Crippen LogP contribution in [0.3, 0.4) is 0 Å². The van der Waals surface area contributed by atoms with Gasteiger partial charge in [-0.15, -0.1) is 11.3 Å². The van der Waals surface area contributed by atoms with Crippen molar-refractivity contribution in [1.29, 1.82) is 0 Å². The molecule has 4 rings (SSSR count). The van der Waals surface area contributed by atoms with Crippen LogP contribution in [0.1, 0.15) is 22.8 Å². The number of hydrogen-bond donors (Lipinski definition) is 1. The lowest BCUT2D eigenvalue weighted by molar-refractivity contribution is 0.392. The Labute approximate surface area is 149 Å². The molecule has 3 aromatic heterocycles. The zero-order valence-electron chi connectivity index (χ0n) is 14.2. The van der Waals surface area contributed by atoms with E-state index in [-0.39, 0.29) is 0 Å². The molecular weight excluding hydrogens is 334 g/mol. The normalized spacial score (nSPS) is 11.4. The molecule has 0 fully saturated rings. The third-order valence-electron chi connectivity index (χ3n) is 4.20. The van der Waals surface area contributed by atoms with Crippen molar-refractivity contribution >= 4 is 21.6 Å². The molecule has 3 heterocycles. The minimum atomic E-state index is 0.689. The van der Waals surface area contributed by atoms with Crippen molar-refractivity contribution in [3.8, 4) is 10.8 Å². The first-order valence-corrected chi connectivity index (χ1v) is 9.09. The number of para-hydroxylation sites is 1. The summed E-state index contributed by atoms with van der Waals surface area (Å²) in [7, 11) is 0. The van der Waals surface area contributed by atoms with Crippen LogP contribution < -0.4 is 5.32 Å². The van der Waals surface area contributed by atoms with Crippen molar-refractivity contribution in [2.45, 2.75) is 26.8 Å². The van der Waals surface area contributed by atoms with Crippen LogP contribution in [-0.4, -0.2) is 16.7 Å². The SMILES string of the molecule is Cc1noc(C)c1CCNCc1ccc(-c2nc3ccccc3s2)o1. The molecule has 5 nitrogen and oxygen atoms in total. The van der Waals surface area contributed by atoms with E-state index in [0.29, 0.717) is 6.54 Å². The Morgan fingerprint density at radius 1 is 1.12 bits per heavy atom. The Bertz CT molecular complexity index is 947. The fraction of sp³-hybridized carbons (Fsp3) is 0.263. The van der Waals surface area contributed by atoms with Gasteiger partial charge in [-0.3, -0.25) is 0 Å². The molecule has 0 bridgehead atoms. The average molecular weight is 353 g/mol. The second kappa shape index (κ2) is 6.82. The lowest BCUT2D eigenvalue weighted by Gasteiger charge is -2.02. The Hall–Kier alpha value is -2.44. The first-order valence-electron chi connectivity index (χ1n) is 8.28. The number of thiazole rings is 1. The number of aromatic nitrogens is 2. The van der Waals surface area contributed by atoms with Gasteiger partial charge in [0.15, 0.2) is 10.8 Å². The molecule has 0 aliphatic heterocycles. The summed E-state index contributed by atoms with van der Waals surface area (Å²) in [6.07, 6.45) is 0.895. The van der Waals surface area contributed by atoms with Gasteiger partial charge in [0, 0.05) is 5.56 Å². The number of nitrogens with one attached hydrogen (secondary N) is 1. The van der Waals surface area contributed by atoms with Crippen LogP contribution in [0.25, 0.3) is 21.0 Å². The van der Waals surface area contributed by atoms with Gasteiger partial charge >= 0.3 is 0 Å². The number of aryl methyl sites for hydroxylation is 2. The zero-order chi connectivity index (χ0) is 17.2. The van der Waals surface area contributed by atoms with Crippen LogP contribution in [0.15, 0.2) is 45.3 Å². The van der Waals surface area contributed by atoms with Crippen LogP contribution in [0.4, 0.5) is 0 Å². The van der Waals surface area contributed by atoms with Gasteiger partial charge in [-0.05, 0) is 51.1 Å². The summed E-state index contributed by atoms with van der Waals surface area (Å²) < 4.78 is 12.3. The molecule has 0 atom stereocenters. The first-order chi connectivity index (χ1) is 12.2. The highest BCUT2D eigenvalue weighted by atomic mass is 32.1. The molecule has 25 heavy (non-hydrogen) atoms. The molecule has 4 aromatic rings. The molecule has 0 radical (unpaired) electrons. The summed E-state index contributed by atoms with van der Waals surface area (Å²) in [4.78, 5) is 4.63. The highest BCUT2D eigenvalue weighted by molar-refractivity contribution is 7.21. The van der Waals surface area contributed by atoms with Crippen molar-refractivity contribution in [2.24, 2.45) is 0 Å². The zero-order valence-corrected chi connectivity index (χ0v) is 15.0. The third-order valence-corrected chi connectivity index (χ3v) is 5.25. The molecule has 0 aliphatic rings. The van der Waals surface area contributed by atoms with Crippen LogP contribution in [0.2, 0.25) is 0 Å². The van der Waals surface area contributed by atoms with Gasteiger partial charge < -0.3 is 14.3 Å². The van der Waals surface area contributed by atoms with E-state index in [1.165, 1.54) is 10.3 Å². The van der Waals surface area contributed by atoms with Crippen LogP contribution in [-0.2, 0) is 13.0 Å². The van der Waals surface area contributed by atoms with Crippen molar-refractivity contribution in [3.63, 3.8) is 0 Å². The van der Waals surface area contributed by atoms with Crippen LogP contribution in [0.5, 0.6) is 0 Å². The smallest absolute Gasteiger partial charge is 0.163 e. The number of furan rings is 1. The molecule has 0 saturated heterocycles. The highest BCUT2D eigenvalue weighted by Crippen LogP contribution is 2.31. The maximum absolute atomic E-state index is 5.94. The monoisotopic (exact) mass is 353 g/mol. The summed E-state index contributed by atoms with van der Waals surface area (Å²) in [6.45, 7) is 5.46. The number of benzene rings is 1. The number of fused-ring (bicyclic) bond motifs is 1. The molecule has 6 heteroatoms. The van der Waals surface area contributed by atoms with Gasteiger partial charge in [0.05, 0.1) is 22.5 Å². The van der Waals surface area contributed by atoms with E-state index < -0.39 is 0 Å². The van der Waals surface area contributed by atoms with Crippen molar-refractivity contribution in [1.82, 2.24) is 15.5 Å². The highest BCUT2D eigenvalue weighted by Gasteiger charge is 2.11. The molecule has 0 spiro atoms. The van der Waals surface area contributed by atoms with Gasteiger partial charge in [0.25, 0.3) is 0 Å². The van der Waals surface area contributed by atoms with Gasteiger partial charge in [0.1, 0.15) is 11.5 Å². The predicted octanol–water partition coefficient (Wildman–Crippen LogP) is 4.49. The number of nitrogens with zero attached hydrogens (tertiary/aromatic N) is 2. The first kappa shape index (κ1) is 16.1. The van der Waals surface area contributed by atoms with E-state index >= 15 is 0 Å². The summed E-state index contributed by atoms with van der Waals surface area (Å²) in [5.74, 6) is 2.63. The van der Waals surface area contributed by atoms with Gasteiger partial charge in [-0.25, -0.2) is 4.98 Å². The lowest BCUT2D eigenvalue weighted by Crippen LogP contribution is -2.16. The third kappa shape index (κ3) is 3.36. The quantitative estimate of drug-likeness (QED) is 0.517. The molecule has 1 N–H and O–H groups in total. The molecule has 0 aliphatic carbocycles. The molecule has 0 amide bonds. The largest absolute Gasteiger partial charge is 0.457 e. The number of hydrogen-bond acceptors (Lipinski definition) is 6.